The lowest BCUT2D eigenvalue weighted by Crippen LogP contribution is -2.41. The van der Waals surface area contributed by atoms with Crippen LogP contribution in [0.25, 0.3) is 11.0 Å². The summed E-state index contributed by atoms with van der Waals surface area (Å²) in [5.41, 5.74) is 1.89. The van der Waals surface area contributed by atoms with Crippen molar-refractivity contribution in [2.75, 3.05) is 0 Å². The average molecular weight is 412 g/mol. The highest BCUT2D eigenvalue weighted by atomic mass is 32.2. The molecule has 1 aliphatic heterocycles. The average Bonchev–Trinajstić information content (AvgIpc) is 3.09. The Hall–Kier alpha value is -2.16. The monoisotopic (exact) mass is 412 g/mol. The molecule has 0 unspecified atom stereocenters. The van der Waals surface area contributed by atoms with E-state index in [1.807, 2.05) is 47.6 Å². The zero-order valence-electron chi connectivity index (χ0n) is 17.6. The Labute approximate surface area is 172 Å². The predicted octanol–water partition coefficient (Wildman–Crippen LogP) is 3.19. The Kier molecular flexibility index (Phi) is 4.46. The standard InChI is InChI=1S/C21H25BN2O4S/c1-14-7-9-16(10-8-14)29(25,26)24-13-18(17-11-15(2)12-23-19(17)24)22-27-20(3,4)21(5,6)28-22/h7-13H,1-6H3. The highest BCUT2D eigenvalue weighted by molar-refractivity contribution is 7.90. The molecule has 0 aliphatic carbocycles. The van der Waals surface area contributed by atoms with E-state index in [9.17, 15) is 8.42 Å². The van der Waals surface area contributed by atoms with Crippen LogP contribution in [0.3, 0.4) is 0 Å². The summed E-state index contributed by atoms with van der Waals surface area (Å²) in [6.07, 6.45) is 3.24. The van der Waals surface area contributed by atoms with E-state index >= 15 is 0 Å². The number of hydrogen-bond acceptors (Lipinski definition) is 5. The SMILES string of the molecule is Cc1ccc(S(=O)(=O)n2cc(B3OC(C)(C)C(C)(C)O3)c3cc(C)cnc32)cc1. The van der Waals surface area contributed by atoms with Crippen molar-refractivity contribution in [1.82, 2.24) is 8.96 Å². The third-order valence-corrected chi connectivity index (χ3v) is 7.53. The van der Waals surface area contributed by atoms with E-state index in [2.05, 4.69) is 4.98 Å². The van der Waals surface area contributed by atoms with Crippen molar-refractivity contribution in [3.05, 3.63) is 53.9 Å². The second-order valence-corrected chi connectivity index (χ2v) is 10.5. The Morgan fingerprint density at radius 3 is 2.14 bits per heavy atom. The number of fused-ring (bicyclic) bond motifs is 1. The molecule has 3 heterocycles. The third-order valence-electron chi connectivity index (χ3n) is 5.86. The van der Waals surface area contributed by atoms with E-state index in [0.717, 1.165) is 11.1 Å². The van der Waals surface area contributed by atoms with Crippen molar-refractivity contribution in [2.24, 2.45) is 0 Å². The van der Waals surface area contributed by atoms with E-state index in [1.54, 1.807) is 36.7 Å². The summed E-state index contributed by atoms with van der Waals surface area (Å²) in [6, 6.07) is 8.71. The molecule has 1 saturated heterocycles. The Bertz CT molecular complexity index is 1180. The van der Waals surface area contributed by atoms with Gasteiger partial charge in [-0.15, -0.1) is 0 Å². The third kappa shape index (κ3) is 3.19. The first-order chi connectivity index (χ1) is 13.4. The van der Waals surface area contributed by atoms with Crippen molar-refractivity contribution < 1.29 is 17.7 Å². The Balaban J connectivity index is 1.91. The van der Waals surface area contributed by atoms with Gasteiger partial charge in [-0.2, -0.15) is 0 Å². The second kappa shape index (κ2) is 6.42. The van der Waals surface area contributed by atoms with Gasteiger partial charge in [0.1, 0.15) is 0 Å². The van der Waals surface area contributed by atoms with Gasteiger partial charge in [-0.1, -0.05) is 17.7 Å². The van der Waals surface area contributed by atoms with Crippen molar-refractivity contribution in [3.8, 4) is 0 Å². The van der Waals surface area contributed by atoms with Gasteiger partial charge in [-0.05, 0) is 65.3 Å². The largest absolute Gasteiger partial charge is 0.497 e. The van der Waals surface area contributed by atoms with E-state index in [1.165, 1.54) is 3.97 Å². The molecule has 6 nitrogen and oxygen atoms in total. The van der Waals surface area contributed by atoms with Crippen LogP contribution in [0, 0.1) is 13.8 Å². The minimum Gasteiger partial charge on any atom is -0.399 e. The minimum atomic E-state index is -3.82. The molecule has 0 spiro atoms. The zero-order valence-corrected chi connectivity index (χ0v) is 18.4. The molecule has 152 valence electrons. The van der Waals surface area contributed by atoms with Gasteiger partial charge in [0.2, 0.25) is 0 Å². The number of rotatable bonds is 3. The summed E-state index contributed by atoms with van der Waals surface area (Å²) in [5, 5.41) is 0.708. The summed E-state index contributed by atoms with van der Waals surface area (Å²) in [6.45, 7) is 11.7. The first-order valence-corrected chi connectivity index (χ1v) is 11.0. The van der Waals surface area contributed by atoms with Crippen LogP contribution in [0.15, 0.2) is 47.6 Å². The normalized spacial score (nSPS) is 18.5. The van der Waals surface area contributed by atoms with Crippen LogP contribution in [0.5, 0.6) is 0 Å². The first kappa shape index (κ1) is 20.1. The minimum absolute atomic E-state index is 0.211. The molecule has 0 atom stereocenters. The van der Waals surface area contributed by atoms with E-state index < -0.39 is 28.3 Å². The van der Waals surface area contributed by atoms with Crippen LogP contribution in [-0.2, 0) is 19.3 Å². The molecule has 1 aliphatic rings. The molecular weight excluding hydrogens is 387 g/mol. The second-order valence-electron chi connectivity index (χ2n) is 8.67. The van der Waals surface area contributed by atoms with Gasteiger partial charge in [0, 0.05) is 23.2 Å². The quantitative estimate of drug-likeness (QED) is 0.618. The van der Waals surface area contributed by atoms with Crippen molar-refractivity contribution in [2.45, 2.75) is 57.6 Å². The van der Waals surface area contributed by atoms with Crippen LogP contribution < -0.4 is 5.46 Å². The summed E-state index contributed by atoms with van der Waals surface area (Å²) in [7, 11) is -4.50. The summed E-state index contributed by atoms with van der Waals surface area (Å²) >= 11 is 0. The number of aryl methyl sites for hydroxylation is 2. The molecule has 8 heteroatoms. The topological polar surface area (TPSA) is 70.4 Å². The van der Waals surface area contributed by atoms with E-state index in [-0.39, 0.29) is 4.90 Å². The van der Waals surface area contributed by atoms with Gasteiger partial charge >= 0.3 is 7.12 Å². The molecule has 0 amide bonds. The number of nitrogens with zero attached hydrogens (tertiary/aromatic N) is 2. The summed E-state index contributed by atoms with van der Waals surface area (Å²) in [4.78, 5) is 4.64. The molecule has 0 bridgehead atoms. The molecule has 29 heavy (non-hydrogen) atoms. The fourth-order valence-electron chi connectivity index (χ4n) is 3.37. The van der Waals surface area contributed by atoms with Gasteiger partial charge in [0.05, 0.1) is 16.1 Å². The van der Waals surface area contributed by atoms with Crippen LogP contribution in [0.1, 0.15) is 38.8 Å². The van der Waals surface area contributed by atoms with Gasteiger partial charge in [-0.25, -0.2) is 17.4 Å². The van der Waals surface area contributed by atoms with Gasteiger partial charge in [0.25, 0.3) is 10.0 Å². The molecule has 3 aromatic rings. The smallest absolute Gasteiger partial charge is 0.399 e. The first-order valence-electron chi connectivity index (χ1n) is 9.58. The maximum Gasteiger partial charge on any atom is 0.497 e. The summed E-state index contributed by atoms with van der Waals surface area (Å²) in [5.74, 6) is 0. The van der Waals surface area contributed by atoms with Crippen molar-refractivity contribution in [3.63, 3.8) is 0 Å². The lowest BCUT2D eigenvalue weighted by Gasteiger charge is -2.32. The molecular formula is C21H25BN2O4S. The van der Waals surface area contributed by atoms with Gasteiger partial charge < -0.3 is 9.31 Å². The van der Waals surface area contributed by atoms with E-state index in [4.69, 9.17) is 9.31 Å². The predicted molar refractivity (Wildman–Crippen MR) is 114 cm³/mol. The number of pyridine rings is 1. The van der Waals surface area contributed by atoms with Crippen molar-refractivity contribution >= 4 is 33.6 Å². The maximum absolute atomic E-state index is 13.4. The summed E-state index contributed by atoms with van der Waals surface area (Å²) < 4.78 is 40.3. The number of aromatic nitrogens is 2. The molecule has 1 aromatic carbocycles. The van der Waals surface area contributed by atoms with E-state index in [0.29, 0.717) is 16.5 Å². The molecule has 2 aromatic heterocycles. The highest BCUT2D eigenvalue weighted by Crippen LogP contribution is 2.37. The highest BCUT2D eigenvalue weighted by Gasteiger charge is 2.52. The number of benzene rings is 1. The van der Waals surface area contributed by atoms with Crippen LogP contribution >= 0.6 is 0 Å². The van der Waals surface area contributed by atoms with Crippen molar-refractivity contribution in [1.29, 1.82) is 0 Å². The van der Waals surface area contributed by atoms with Crippen LogP contribution in [0.2, 0.25) is 0 Å². The number of hydrogen-bond donors (Lipinski definition) is 0. The molecule has 0 radical (unpaired) electrons. The fourth-order valence-corrected chi connectivity index (χ4v) is 4.70. The van der Waals surface area contributed by atoms with Gasteiger partial charge in [-0.3, -0.25) is 0 Å². The lowest BCUT2D eigenvalue weighted by atomic mass is 9.79. The lowest BCUT2D eigenvalue weighted by molar-refractivity contribution is 0.00578. The molecule has 4 rings (SSSR count). The van der Waals surface area contributed by atoms with Crippen LogP contribution in [0.4, 0.5) is 0 Å². The van der Waals surface area contributed by atoms with Crippen LogP contribution in [-0.4, -0.2) is 35.7 Å². The van der Waals surface area contributed by atoms with Gasteiger partial charge in [0.15, 0.2) is 5.65 Å². The fraction of sp³-hybridized carbons (Fsp3) is 0.381. The molecule has 0 N–H and O–H groups in total. The zero-order chi connectivity index (χ0) is 21.2. The maximum atomic E-state index is 13.4. The molecule has 1 fully saturated rings. The Morgan fingerprint density at radius 2 is 1.55 bits per heavy atom. The molecule has 0 saturated carbocycles. The Morgan fingerprint density at radius 1 is 0.966 bits per heavy atom.